The number of nitrogens with zero attached hydrogens (tertiary/aromatic N) is 1. The largest absolute Gasteiger partial charge is 0.484 e. The quantitative estimate of drug-likeness (QED) is 0.858. The molecule has 0 saturated carbocycles. The molecule has 104 valence electrons. The van der Waals surface area contributed by atoms with Crippen LogP contribution in [0.15, 0.2) is 47.1 Å². The molecule has 0 atom stereocenters. The number of rotatable bonds is 4. The fourth-order valence-corrected chi connectivity index (χ4v) is 2.36. The predicted octanol–water partition coefficient (Wildman–Crippen LogP) is 2.95. The Morgan fingerprint density at radius 3 is 2.55 bits per heavy atom. The van der Waals surface area contributed by atoms with E-state index in [4.69, 9.17) is 9.15 Å². The van der Waals surface area contributed by atoms with Crippen LogP contribution in [0.25, 0.3) is 11.3 Å². The van der Waals surface area contributed by atoms with Gasteiger partial charge in [-0.2, -0.15) is 0 Å². The molecule has 0 aliphatic carbocycles. The van der Waals surface area contributed by atoms with Gasteiger partial charge in [0, 0.05) is 18.7 Å². The highest BCUT2D eigenvalue weighted by atomic mass is 16.5. The number of furan rings is 1. The molecule has 0 radical (unpaired) electrons. The van der Waals surface area contributed by atoms with Crippen molar-refractivity contribution in [1.29, 1.82) is 0 Å². The Morgan fingerprint density at radius 1 is 1.15 bits per heavy atom. The summed E-state index contributed by atoms with van der Waals surface area (Å²) < 4.78 is 10.9. The Hall–Kier alpha value is -2.23. The Morgan fingerprint density at radius 2 is 1.90 bits per heavy atom. The number of carbonyl (C=O) groups is 1. The average Bonchev–Trinajstić information content (AvgIpc) is 3.18. The molecule has 0 N–H and O–H groups in total. The lowest BCUT2D eigenvalue weighted by Gasteiger charge is -2.15. The molecular formula is C16H17NO3. The van der Waals surface area contributed by atoms with Crippen molar-refractivity contribution in [3.8, 4) is 17.1 Å². The highest BCUT2D eigenvalue weighted by Crippen LogP contribution is 2.22. The van der Waals surface area contributed by atoms with E-state index in [-0.39, 0.29) is 12.5 Å². The summed E-state index contributed by atoms with van der Waals surface area (Å²) in [6, 6.07) is 11.3. The molecule has 4 heteroatoms. The summed E-state index contributed by atoms with van der Waals surface area (Å²) in [7, 11) is 0. The first-order valence-electron chi connectivity index (χ1n) is 6.87. The molecule has 0 unspecified atom stereocenters. The van der Waals surface area contributed by atoms with Crippen molar-refractivity contribution in [2.75, 3.05) is 19.7 Å². The van der Waals surface area contributed by atoms with E-state index in [0.717, 1.165) is 37.3 Å². The Bertz CT molecular complexity index is 554. The summed E-state index contributed by atoms with van der Waals surface area (Å²) in [5, 5.41) is 0. The van der Waals surface area contributed by atoms with Crippen LogP contribution in [-0.2, 0) is 4.79 Å². The van der Waals surface area contributed by atoms with Crippen molar-refractivity contribution in [3.63, 3.8) is 0 Å². The van der Waals surface area contributed by atoms with Gasteiger partial charge in [-0.05, 0) is 49.2 Å². The van der Waals surface area contributed by atoms with Crippen LogP contribution in [0.3, 0.4) is 0 Å². The van der Waals surface area contributed by atoms with E-state index in [9.17, 15) is 4.79 Å². The summed E-state index contributed by atoms with van der Waals surface area (Å²) in [5.41, 5.74) is 0.994. The molecule has 1 saturated heterocycles. The van der Waals surface area contributed by atoms with Gasteiger partial charge in [-0.1, -0.05) is 0 Å². The molecule has 3 rings (SSSR count). The van der Waals surface area contributed by atoms with Crippen molar-refractivity contribution in [2.45, 2.75) is 12.8 Å². The van der Waals surface area contributed by atoms with Crippen molar-refractivity contribution >= 4 is 5.91 Å². The second-order valence-electron chi connectivity index (χ2n) is 4.88. The van der Waals surface area contributed by atoms with Crippen LogP contribution >= 0.6 is 0 Å². The van der Waals surface area contributed by atoms with Crippen LogP contribution in [0, 0.1) is 0 Å². The number of hydrogen-bond acceptors (Lipinski definition) is 3. The van der Waals surface area contributed by atoms with Crippen LogP contribution < -0.4 is 4.74 Å². The van der Waals surface area contributed by atoms with Crippen molar-refractivity contribution in [1.82, 2.24) is 4.90 Å². The molecule has 0 spiro atoms. The van der Waals surface area contributed by atoms with Gasteiger partial charge in [0.2, 0.25) is 0 Å². The molecule has 1 amide bonds. The van der Waals surface area contributed by atoms with Gasteiger partial charge in [0.25, 0.3) is 5.91 Å². The number of ether oxygens (including phenoxy) is 1. The molecular weight excluding hydrogens is 254 g/mol. The molecule has 1 aliphatic rings. The van der Waals surface area contributed by atoms with Crippen LogP contribution in [0.5, 0.6) is 5.75 Å². The molecule has 20 heavy (non-hydrogen) atoms. The van der Waals surface area contributed by atoms with Gasteiger partial charge < -0.3 is 14.1 Å². The third-order valence-corrected chi connectivity index (χ3v) is 3.48. The molecule has 2 aromatic rings. The number of carbonyl (C=O) groups excluding carboxylic acids is 1. The smallest absolute Gasteiger partial charge is 0.260 e. The monoisotopic (exact) mass is 271 g/mol. The van der Waals surface area contributed by atoms with E-state index in [1.165, 1.54) is 0 Å². The van der Waals surface area contributed by atoms with Gasteiger partial charge in [0.15, 0.2) is 6.61 Å². The van der Waals surface area contributed by atoms with Gasteiger partial charge in [-0.3, -0.25) is 4.79 Å². The van der Waals surface area contributed by atoms with Crippen LogP contribution in [0.2, 0.25) is 0 Å². The maximum atomic E-state index is 11.9. The highest BCUT2D eigenvalue weighted by molar-refractivity contribution is 5.78. The van der Waals surface area contributed by atoms with Crippen LogP contribution in [-0.4, -0.2) is 30.5 Å². The summed E-state index contributed by atoms with van der Waals surface area (Å²) in [5.74, 6) is 1.59. The lowest BCUT2D eigenvalue weighted by Crippen LogP contribution is -2.32. The summed E-state index contributed by atoms with van der Waals surface area (Å²) in [4.78, 5) is 13.7. The normalized spacial score (nSPS) is 14.5. The number of likely N-dealkylation sites (tertiary alicyclic amines) is 1. The maximum Gasteiger partial charge on any atom is 0.260 e. The Kier molecular flexibility index (Phi) is 3.72. The van der Waals surface area contributed by atoms with E-state index in [1.54, 1.807) is 6.26 Å². The minimum Gasteiger partial charge on any atom is -0.484 e. The molecule has 1 aromatic heterocycles. The number of benzene rings is 1. The predicted molar refractivity (Wildman–Crippen MR) is 75.5 cm³/mol. The standard InChI is InChI=1S/C16H17NO3/c18-16(17-9-1-2-10-17)12-20-14-7-5-13(6-8-14)15-4-3-11-19-15/h3-8,11H,1-2,9-10,12H2. The van der Waals surface area contributed by atoms with Crippen molar-refractivity contribution in [2.24, 2.45) is 0 Å². The summed E-state index contributed by atoms with van der Waals surface area (Å²) >= 11 is 0. The maximum absolute atomic E-state index is 11.9. The molecule has 1 aromatic carbocycles. The number of amides is 1. The molecule has 1 aliphatic heterocycles. The highest BCUT2D eigenvalue weighted by Gasteiger charge is 2.17. The van der Waals surface area contributed by atoms with E-state index in [0.29, 0.717) is 5.75 Å². The van der Waals surface area contributed by atoms with Gasteiger partial charge in [0.1, 0.15) is 11.5 Å². The van der Waals surface area contributed by atoms with E-state index >= 15 is 0 Å². The topological polar surface area (TPSA) is 42.7 Å². The second-order valence-corrected chi connectivity index (χ2v) is 4.88. The van der Waals surface area contributed by atoms with Gasteiger partial charge in [-0.25, -0.2) is 0 Å². The first-order valence-corrected chi connectivity index (χ1v) is 6.87. The Labute approximate surface area is 118 Å². The molecule has 2 heterocycles. The minimum absolute atomic E-state index is 0.0672. The van der Waals surface area contributed by atoms with Gasteiger partial charge in [-0.15, -0.1) is 0 Å². The molecule has 0 bridgehead atoms. The van der Waals surface area contributed by atoms with Crippen molar-refractivity contribution in [3.05, 3.63) is 42.7 Å². The zero-order valence-corrected chi connectivity index (χ0v) is 11.2. The average molecular weight is 271 g/mol. The first-order chi connectivity index (χ1) is 9.83. The lowest BCUT2D eigenvalue weighted by molar-refractivity contribution is -0.132. The van der Waals surface area contributed by atoms with E-state index in [2.05, 4.69) is 0 Å². The SMILES string of the molecule is O=C(COc1ccc(-c2ccco2)cc1)N1CCCC1. The number of hydrogen-bond donors (Lipinski definition) is 0. The van der Waals surface area contributed by atoms with Gasteiger partial charge in [0.05, 0.1) is 6.26 Å². The van der Waals surface area contributed by atoms with Crippen LogP contribution in [0.4, 0.5) is 0 Å². The van der Waals surface area contributed by atoms with E-state index < -0.39 is 0 Å². The second kappa shape index (κ2) is 5.82. The fraction of sp³-hybridized carbons (Fsp3) is 0.312. The van der Waals surface area contributed by atoms with Crippen LogP contribution in [0.1, 0.15) is 12.8 Å². The zero-order valence-electron chi connectivity index (χ0n) is 11.2. The minimum atomic E-state index is 0.0672. The van der Waals surface area contributed by atoms with E-state index in [1.807, 2.05) is 41.3 Å². The zero-order chi connectivity index (χ0) is 13.8. The van der Waals surface area contributed by atoms with Crippen molar-refractivity contribution < 1.29 is 13.9 Å². The lowest BCUT2D eigenvalue weighted by atomic mass is 10.2. The third kappa shape index (κ3) is 2.85. The third-order valence-electron chi connectivity index (χ3n) is 3.48. The summed E-state index contributed by atoms with van der Waals surface area (Å²) in [6.07, 6.45) is 3.85. The Balaban J connectivity index is 1.57. The fourth-order valence-electron chi connectivity index (χ4n) is 2.36. The summed E-state index contributed by atoms with van der Waals surface area (Å²) in [6.45, 7) is 1.83. The molecule has 4 nitrogen and oxygen atoms in total. The molecule has 1 fully saturated rings. The first kappa shape index (κ1) is 12.8. The van der Waals surface area contributed by atoms with Gasteiger partial charge >= 0.3 is 0 Å².